The molecule has 44 heavy (non-hydrogen) atoms. The summed E-state index contributed by atoms with van der Waals surface area (Å²) in [5, 5.41) is 51.1. The van der Waals surface area contributed by atoms with Gasteiger partial charge in [-0.25, -0.2) is 20.2 Å². The van der Waals surface area contributed by atoms with Gasteiger partial charge in [0.25, 0.3) is 11.4 Å². The number of hydrogen-bond acceptors (Lipinski definition) is 7. The van der Waals surface area contributed by atoms with Gasteiger partial charge in [-0.15, -0.1) is 0 Å². The van der Waals surface area contributed by atoms with Crippen LogP contribution in [0.1, 0.15) is 11.1 Å². The van der Waals surface area contributed by atoms with Crippen LogP contribution in [0.15, 0.2) is 132 Å². The largest absolute Gasteiger partial charge is 0.820 e. The molecule has 2 aromatic carbocycles. The molecule has 2 aromatic rings. The third kappa shape index (κ3) is 7.44. The summed E-state index contributed by atoms with van der Waals surface area (Å²) in [4.78, 5) is 8.15. The van der Waals surface area contributed by atoms with E-state index in [2.05, 4.69) is 9.69 Å². The molecular formula is C35H22N7O2-. The lowest BCUT2D eigenvalue weighted by molar-refractivity contribution is -0.478. The van der Waals surface area contributed by atoms with Crippen LogP contribution in [0.3, 0.4) is 0 Å². The van der Waals surface area contributed by atoms with Crippen LogP contribution in [-0.2, 0) is 4.74 Å². The Morgan fingerprint density at radius 2 is 1.25 bits per heavy atom. The lowest BCUT2D eigenvalue weighted by Crippen LogP contribution is -2.38. The molecule has 0 aromatic heterocycles. The molecule has 0 radical (unpaired) electrons. The van der Waals surface area contributed by atoms with E-state index in [9.17, 15) is 26.2 Å². The van der Waals surface area contributed by atoms with Gasteiger partial charge < -0.3 is 14.7 Å². The lowest BCUT2D eigenvalue weighted by Gasteiger charge is -2.22. The number of rotatable bonds is 8. The highest BCUT2D eigenvalue weighted by molar-refractivity contribution is 5.89. The van der Waals surface area contributed by atoms with Crippen LogP contribution in [0, 0.1) is 58.5 Å². The van der Waals surface area contributed by atoms with Gasteiger partial charge in [-0.2, -0.15) is 10.5 Å². The number of likely N-dealkylation sites (N-methyl/N-ethyl adjacent to an activating group) is 1. The topological polar surface area (TPSA) is 139 Å². The van der Waals surface area contributed by atoms with Crippen LogP contribution in [0.25, 0.3) is 20.8 Å². The minimum atomic E-state index is -1.48. The summed E-state index contributed by atoms with van der Waals surface area (Å²) < 4.78 is 5.46. The number of benzene rings is 2. The van der Waals surface area contributed by atoms with Gasteiger partial charge in [0, 0.05) is 18.2 Å². The number of nitrogens with zero attached hydrogens (tertiary/aromatic N) is 7. The van der Waals surface area contributed by atoms with Crippen LogP contribution in [0.2, 0.25) is 0 Å². The predicted octanol–water partition coefficient (Wildman–Crippen LogP) is 5.57. The summed E-state index contributed by atoms with van der Waals surface area (Å²) in [6, 6.07) is 24.4. The molecule has 210 valence electrons. The molecule has 1 aliphatic heterocycles. The molecule has 0 saturated carbocycles. The van der Waals surface area contributed by atoms with Crippen molar-refractivity contribution in [2.24, 2.45) is 0 Å². The van der Waals surface area contributed by atoms with Gasteiger partial charge in [0.15, 0.2) is 5.88 Å². The maximum absolute atomic E-state index is 12.7. The quantitative estimate of drug-likeness (QED) is 0.229. The Kier molecular flexibility index (Phi) is 11.4. The number of ether oxygens (including phenoxy) is 1. The van der Waals surface area contributed by atoms with Crippen molar-refractivity contribution in [1.82, 2.24) is 4.90 Å². The zero-order valence-electron chi connectivity index (χ0n) is 23.4. The second-order valence-corrected chi connectivity index (χ2v) is 8.87. The fourth-order valence-electron chi connectivity index (χ4n) is 4.21. The second-order valence-electron chi connectivity index (χ2n) is 8.87. The van der Waals surface area contributed by atoms with E-state index in [0.717, 1.165) is 0 Å². The molecule has 0 N–H and O–H groups in total. The van der Waals surface area contributed by atoms with E-state index in [-0.39, 0.29) is 39.6 Å². The standard InChI is InChI=1S/C35H22N7O2/c1-40-29(23-38)33(25-13-6-4-7-14-25)27(21-36)17-10-11-20-32-42(3)31(35(43)44-32)19-12-18-28(22-37)34(30(24-39)41-2)26-15-8-5-9-16-26/h4-20,31,35H,3H3/q-1/b11-10+,19-12+,27-17+,28-18+,32-20-,33-29+,34-30-. The van der Waals surface area contributed by atoms with Gasteiger partial charge in [-0.05, 0) is 29.4 Å². The van der Waals surface area contributed by atoms with Crippen LogP contribution in [0.4, 0.5) is 0 Å². The Morgan fingerprint density at radius 3 is 1.68 bits per heavy atom. The lowest BCUT2D eigenvalue weighted by atomic mass is 9.96. The van der Waals surface area contributed by atoms with Crippen molar-refractivity contribution >= 4 is 11.1 Å². The Labute approximate surface area is 255 Å². The molecule has 0 aliphatic carbocycles. The van der Waals surface area contributed by atoms with Crippen molar-refractivity contribution < 1.29 is 9.84 Å². The maximum atomic E-state index is 12.7. The summed E-state index contributed by atoms with van der Waals surface area (Å²) >= 11 is 0. The summed E-state index contributed by atoms with van der Waals surface area (Å²) in [5.41, 5.74) is 1.28. The molecule has 9 heteroatoms. The minimum Gasteiger partial charge on any atom is -0.820 e. The third-order valence-electron chi connectivity index (χ3n) is 6.31. The first kappa shape index (κ1) is 31.6. The highest BCUT2D eigenvalue weighted by atomic mass is 16.6. The smallest absolute Gasteiger partial charge is 0.270 e. The fraction of sp³-hybridized carbons (Fsp3) is 0.0857. The Morgan fingerprint density at radius 1 is 0.773 bits per heavy atom. The monoisotopic (exact) mass is 572 g/mol. The van der Waals surface area contributed by atoms with E-state index in [1.807, 2.05) is 24.3 Å². The number of nitriles is 4. The molecule has 9 nitrogen and oxygen atoms in total. The fourth-order valence-corrected chi connectivity index (χ4v) is 4.21. The second kappa shape index (κ2) is 15.8. The van der Waals surface area contributed by atoms with E-state index in [4.69, 9.17) is 17.9 Å². The summed E-state index contributed by atoms with van der Waals surface area (Å²) in [6.45, 7) is 14.7. The van der Waals surface area contributed by atoms with Crippen LogP contribution >= 0.6 is 0 Å². The SMILES string of the molecule is [C-]#[N+]\C(C#N)=C(/C(C#N)=C/C=C/C1C([O-])O\C(=C/C=C/C=C(C#N)/C(=C(\C#N)[N+]#[C-])c2ccccc2)N1C)c1ccccc1. The Balaban J connectivity index is 1.86. The molecule has 0 amide bonds. The summed E-state index contributed by atoms with van der Waals surface area (Å²) in [5.74, 6) is 0.259. The van der Waals surface area contributed by atoms with Gasteiger partial charge in [0.2, 0.25) is 0 Å². The number of allylic oxidation sites excluding steroid dienone is 12. The average molecular weight is 573 g/mol. The molecule has 1 fully saturated rings. The molecule has 3 rings (SSSR count). The predicted molar refractivity (Wildman–Crippen MR) is 161 cm³/mol. The Bertz CT molecular complexity index is 1840. The van der Waals surface area contributed by atoms with E-state index in [1.54, 1.807) is 84.8 Å². The van der Waals surface area contributed by atoms with E-state index >= 15 is 0 Å². The molecule has 2 unspecified atom stereocenters. The third-order valence-corrected chi connectivity index (χ3v) is 6.31. The zero-order valence-corrected chi connectivity index (χ0v) is 23.4. The van der Waals surface area contributed by atoms with Gasteiger partial charge in [0.05, 0.1) is 60.9 Å². The van der Waals surface area contributed by atoms with Crippen molar-refractivity contribution in [3.8, 4) is 24.3 Å². The van der Waals surface area contributed by atoms with Crippen LogP contribution < -0.4 is 5.11 Å². The van der Waals surface area contributed by atoms with Crippen LogP contribution in [0.5, 0.6) is 0 Å². The first-order chi connectivity index (χ1) is 21.4. The molecule has 1 aliphatic rings. The first-order valence-corrected chi connectivity index (χ1v) is 12.9. The highest BCUT2D eigenvalue weighted by Crippen LogP contribution is 2.29. The minimum absolute atomic E-state index is 0.0875. The van der Waals surface area contributed by atoms with Crippen molar-refractivity contribution in [3.05, 3.63) is 166 Å². The summed E-state index contributed by atoms with van der Waals surface area (Å²) in [7, 11) is 1.66. The average Bonchev–Trinajstić information content (AvgIpc) is 3.33. The molecule has 1 saturated heterocycles. The van der Waals surface area contributed by atoms with Crippen LogP contribution in [-0.4, -0.2) is 24.3 Å². The number of hydrogen-bond donors (Lipinski definition) is 0. The zero-order chi connectivity index (χ0) is 31.9. The van der Waals surface area contributed by atoms with Gasteiger partial charge >= 0.3 is 0 Å². The van der Waals surface area contributed by atoms with Gasteiger partial charge in [0.1, 0.15) is 0 Å². The molecule has 1 heterocycles. The van der Waals surface area contributed by atoms with Crippen molar-refractivity contribution in [2.75, 3.05) is 7.05 Å². The molecule has 2 atom stereocenters. The molecule has 0 spiro atoms. The molecular weight excluding hydrogens is 550 g/mol. The normalized spacial score (nSPS) is 18.6. The molecule has 0 bridgehead atoms. The van der Waals surface area contributed by atoms with E-state index < -0.39 is 12.3 Å². The van der Waals surface area contributed by atoms with Crippen molar-refractivity contribution in [3.63, 3.8) is 0 Å². The maximum Gasteiger partial charge on any atom is 0.270 e. The first-order valence-electron chi connectivity index (χ1n) is 12.9. The van der Waals surface area contributed by atoms with Crippen molar-refractivity contribution in [1.29, 1.82) is 21.0 Å². The van der Waals surface area contributed by atoms with E-state index in [1.165, 1.54) is 30.4 Å². The van der Waals surface area contributed by atoms with Gasteiger partial charge in [-0.3, -0.25) is 0 Å². The van der Waals surface area contributed by atoms with E-state index in [0.29, 0.717) is 11.1 Å². The highest BCUT2D eigenvalue weighted by Gasteiger charge is 2.27. The summed E-state index contributed by atoms with van der Waals surface area (Å²) in [6.07, 6.45) is 9.14. The van der Waals surface area contributed by atoms with Gasteiger partial charge in [-0.1, -0.05) is 85.0 Å². The van der Waals surface area contributed by atoms with Crippen molar-refractivity contribution in [2.45, 2.75) is 12.3 Å². The Hall–Kier alpha value is -6.88.